The van der Waals surface area contributed by atoms with Gasteiger partial charge in [-0.1, -0.05) is 0 Å². The Morgan fingerprint density at radius 3 is 2.80 bits per heavy atom. The van der Waals surface area contributed by atoms with Gasteiger partial charge in [0.15, 0.2) is 0 Å². The van der Waals surface area contributed by atoms with Crippen LogP contribution in [-0.4, -0.2) is 31.3 Å². The second kappa shape index (κ2) is 6.49. The second-order valence-electron chi connectivity index (χ2n) is 4.39. The average molecular weight is 314 g/mol. The van der Waals surface area contributed by atoms with E-state index in [1.54, 1.807) is 10.7 Å². The molecule has 0 spiro atoms. The minimum atomic E-state index is -3.43. The molecule has 0 amide bonds. The van der Waals surface area contributed by atoms with E-state index >= 15 is 0 Å². The third-order valence-corrected chi connectivity index (χ3v) is 5.83. The highest BCUT2D eigenvalue weighted by molar-refractivity contribution is 7.91. The zero-order chi connectivity index (χ0) is 14.6. The van der Waals surface area contributed by atoms with Crippen LogP contribution in [0.5, 0.6) is 0 Å². The fraction of sp³-hybridized carbons (Fsp3) is 0.417. The largest absolute Gasteiger partial charge is 0.330 e. The van der Waals surface area contributed by atoms with E-state index in [0.717, 1.165) is 10.6 Å². The highest BCUT2D eigenvalue weighted by atomic mass is 32.2. The molecular weight excluding hydrogens is 296 g/mol. The van der Waals surface area contributed by atoms with Crippen LogP contribution in [0.15, 0.2) is 28.6 Å². The first kappa shape index (κ1) is 15.2. The SMILES string of the molecule is Cn1ccc(CCNS(=O)(=O)c2ccc(CCN)s2)n1. The van der Waals surface area contributed by atoms with Crippen molar-refractivity contribution in [3.8, 4) is 0 Å². The molecule has 2 aromatic rings. The molecule has 6 nitrogen and oxygen atoms in total. The van der Waals surface area contributed by atoms with Crippen LogP contribution in [0.3, 0.4) is 0 Å². The summed E-state index contributed by atoms with van der Waals surface area (Å²) in [5.74, 6) is 0. The molecule has 2 rings (SSSR count). The Bertz CT molecular complexity index is 661. The van der Waals surface area contributed by atoms with E-state index < -0.39 is 10.0 Å². The number of hydrogen-bond donors (Lipinski definition) is 2. The molecule has 0 atom stereocenters. The lowest BCUT2D eigenvalue weighted by Gasteiger charge is -2.03. The molecule has 110 valence electrons. The van der Waals surface area contributed by atoms with Crippen LogP contribution < -0.4 is 10.5 Å². The van der Waals surface area contributed by atoms with Crippen molar-refractivity contribution in [1.29, 1.82) is 0 Å². The normalized spacial score (nSPS) is 11.9. The Morgan fingerprint density at radius 2 is 2.15 bits per heavy atom. The summed E-state index contributed by atoms with van der Waals surface area (Å²) in [4.78, 5) is 0.984. The van der Waals surface area contributed by atoms with Gasteiger partial charge in [-0.3, -0.25) is 4.68 Å². The van der Waals surface area contributed by atoms with Crippen molar-refractivity contribution < 1.29 is 8.42 Å². The molecule has 8 heteroatoms. The molecule has 0 saturated heterocycles. The number of nitrogens with two attached hydrogens (primary N) is 1. The Balaban J connectivity index is 1.92. The standard InChI is InChI=1S/C12H18N4O2S2/c1-16-9-6-10(15-16)5-8-14-20(17,18)12-3-2-11(19-12)4-7-13/h2-3,6,9,14H,4-5,7-8,13H2,1H3. The predicted octanol–water partition coefficient (Wildman–Crippen LogP) is 0.504. The van der Waals surface area contributed by atoms with Crippen molar-refractivity contribution in [3.05, 3.63) is 35.0 Å². The molecule has 0 fully saturated rings. The van der Waals surface area contributed by atoms with E-state index in [0.29, 0.717) is 30.1 Å². The van der Waals surface area contributed by atoms with Gasteiger partial charge in [-0.25, -0.2) is 13.1 Å². The van der Waals surface area contributed by atoms with Crippen molar-refractivity contribution >= 4 is 21.4 Å². The zero-order valence-corrected chi connectivity index (χ0v) is 12.9. The molecule has 2 aromatic heterocycles. The van der Waals surface area contributed by atoms with Crippen LogP contribution in [-0.2, 0) is 29.9 Å². The lowest BCUT2D eigenvalue weighted by Crippen LogP contribution is -2.25. The van der Waals surface area contributed by atoms with Gasteiger partial charge in [-0.05, 0) is 31.2 Å². The molecule has 2 heterocycles. The summed E-state index contributed by atoms with van der Waals surface area (Å²) in [7, 11) is -1.60. The van der Waals surface area contributed by atoms with E-state index in [1.165, 1.54) is 11.3 Å². The van der Waals surface area contributed by atoms with Gasteiger partial charge in [0, 0.05) is 31.1 Å². The number of nitrogens with zero attached hydrogens (tertiary/aromatic N) is 2. The predicted molar refractivity (Wildman–Crippen MR) is 79.2 cm³/mol. The molecule has 0 aliphatic rings. The summed E-state index contributed by atoms with van der Waals surface area (Å²) in [6.45, 7) is 0.858. The maximum atomic E-state index is 12.1. The van der Waals surface area contributed by atoms with Gasteiger partial charge in [0.1, 0.15) is 4.21 Å². The van der Waals surface area contributed by atoms with Gasteiger partial charge in [0.25, 0.3) is 0 Å². The van der Waals surface area contributed by atoms with Crippen LogP contribution in [0.2, 0.25) is 0 Å². The minimum absolute atomic E-state index is 0.335. The molecule has 0 aliphatic heterocycles. The number of nitrogens with one attached hydrogen (secondary N) is 1. The average Bonchev–Trinajstić information content (AvgIpc) is 2.99. The van der Waals surface area contributed by atoms with Crippen LogP contribution in [0.1, 0.15) is 10.6 Å². The van der Waals surface area contributed by atoms with E-state index in [-0.39, 0.29) is 0 Å². The number of aromatic nitrogens is 2. The van der Waals surface area contributed by atoms with E-state index in [1.807, 2.05) is 25.4 Å². The van der Waals surface area contributed by atoms with Crippen molar-refractivity contribution in [2.24, 2.45) is 12.8 Å². The van der Waals surface area contributed by atoms with Gasteiger partial charge in [0.2, 0.25) is 10.0 Å². The van der Waals surface area contributed by atoms with Gasteiger partial charge in [0.05, 0.1) is 5.69 Å². The molecule has 0 aromatic carbocycles. The van der Waals surface area contributed by atoms with E-state index in [2.05, 4.69) is 9.82 Å². The monoisotopic (exact) mass is 314 g/mol. The van der Waals surface area contributed by atoms with Crippen molar-refractivity contribution in [2.45, 2.75) is 17.1 Å². The maximum Gasteiger partial charge on any atom is 0.250 e. The Morgan fingerprint density at radius 1 is 1.35 bits per heavy atom. The van der Waals surface area contributed by atoms with Crippen molar-refractivity contribution in [1.82, 2.24) is 14.5 Å². The first-order valence-electron chi connectivity index (χ1n) is 6.28. The van der Waals surface area contributed by atoms with Gasteiger partial charge >= 0.3 is 0 Å². The molecule has 0 unspecified atom stereocenters. The Labute approximate surface area is 122 Å². The minimum Gasteiger partial charge on any atom is -0.330 e. The van der Waals surface area contributed by atoms with Gasteiger partial charge in [-0.15, -0.1) is 11.3 Å². The molecular formula is C12H18N4O2S2. The first-order valence-corrected chi connectivity index (χ1v) is 8.58. The van der Waals surface area contributed by atoms with E-state index in [9.17, 15) is 8.42 Å². The highest BCUT2D eigenvalue weighted by Crippen LogP contribution is 2.21. The van der Waals surface area contributed by atoms with Crippen LogP contribution in [0.4, 0.5) is 0 Å². The second-order valence-corrected chi connectivity index (χ2v) is 7.55. The summed E-state index contributed by atoms with van der Waals surface area (Å²) in [6, 6.07) is 5.31. The van der Waals surface area contributed by atoms with Crippen LogP contribution >= 0.6 is 11.3 Å². The lowest BCUT2D eigenvalue weighted by atomic mass is 10.3. The van der Waals surface area contributed by atoms with Crippen LogP contribution in [0, 0.1) is 0 Å². The molecule has 3 N–H and O–H groups in total. The number of hydrogen-bond acceptors (Lipinski definition) is 5. The zero-order valence-electron chi connectivity index (χ0n) is 11.2. The number of rotatable bonds is 7. The van der Waals surface area contributed by atoms with E-state index in [4.69, 9.17) is 5.73 Å². The third-order valence-electron chi connectivity index (χ3n) is 2.73. The summed E-state index contributed by atoms with van der Waals surface area (Å²) in [6.07, 6.45) is 3.11. The quantitative estimate of drug-likeness (QED) is 0.779. The summed E-state index contributed by atoms with van der Waals surface area (Å²) >= 11 is 1.26. The maximum absolute atomic E-state index is 12.1. The molecule has 0 bridgehead atoms. The molecule has 0 aliphatic carbocycles. The lowest BCUT2D eigenvalue weighted by molar-refractivity contribution is 0.583. The summed E-state index contributed by atoms with van der Waals surface area (Å²) < 4.78 is 28.8. The smallest absolute Gasteiger partial charge is 0.250 e. The molecule has 0 radical (unpaired) electrons. The Hall–Kier alpha value is -1.22. The fourth-order valence-corrected chi connectivity index (χ4v) is 4.21. The molecule has 20 heavy (non-hydrogen) atoms. The van der Waals surface area contributed by atoms with Crippen LogP contribution in [0.25, 0.3) is 0 Å². The van der Waals surface area contributed by atoms with Crippen molar-refractivity contribution in [2.75, 3.05) is 13.1 Å². The number of aryl methyl sites for hydroxylation is 1. The molecule has 0 saturated carbocycles. The topological polar surface area (TPSA) is 90.0 Å². The van der Waals surface area contributed by atoms with Crippen molar-refractivity contribution in [3.63, 3.8) is 0 Å². The number of sulfonamides is 1. The Kier molecular flexibility index (Phi) is 4.92. The number of thiophene rings is 1. The first-order chi connectivity index (χ1) is 9.51. The summed E-state index contributed by atoms with van der Waals surface area (Å²) in [5, 5.41) is 4.20. The third kappa shape index (κ3) is 3.89. The fourth-order valence-electron chi connectivity index (χ4n) is 1.76. The summed E-state index contributed by atoms with van der Waals surface area (Å²) in [5.41, 5.74) is 6.32. The van der Waals surface area contributed by atoms with Gasteiger partial charge in [-0.2, -0.15) is 5.10 Å². The highest BCUT2D eigenvalue weighted by Gasteiger charge is 2.16. The van der Waals surface area contributed by atoms with Gasteiger partial charge < -0.3 is 5.73 Å².